The number of nitrogens with zero attached hydrogens (tertiary/aromatic N) is 3. The Labute approximate surface area is 124 Å². The van der Waals surface area contributed by atoms with E-state index in [0.717, 1.165) is 23.0 Å². The van der Waals surface area contributed by atoms with E-state index < -0.39 is 0 Å². The lowest BCUT2D eigenvalue weighted by Gasteiger charge is -2.09. The van der Waals surface area contributed by atoms with Crippen molar-refractivity contribution in [1.29, 1.82) is 0 Å². The summed E-state index contributed by atoms with van der Waals surface area (Å²) < 4.78 is 0. The Morgan fingerprint density at radius 1 is 0.667 bits per heavy atom. The summed E-state index contributed by atoms with van der Waals surface area (Å²) in [6, 6.07) is 16.7. The SMILES string of the molecule is Cc1nc(C)nc(-c2ccc(C)c(-c3ccccc3)c2)n1. The van der Waals surface area contributed by atoms with Crippen LogP contribution in [-0.2, 0) is 0 Å². The third kappa shape index (κ3) is 2.82. The largest absolute Gasteiger partial charge is 0.219 e. The van der Waals surface area contributed by atoms with Crippen LogP contribution in [0.5, 0.6) is 0 Å². The molecule has 1 aromatic heterocycles. The molecule has 0 aliphatic rings. The highest BCUT2D eigenvalue weighted by Gasteiger charge is 2.08. The number of aromatic nitrogens is 3. The first-order chi connectivity index (χ1) is 10.1. The predicted molar refractivity (Wildman–Crippen MR) is 84.9 cm³/mol. The molecule has 21 heavy (non-hydrogen) atoms. The summed E-state index contributed by atoms with van der Waals surface area (Å²) in [7, 11) is 0. The van der Waals surface area contributed by atoms with Crippen LogP contribution < -0.4 is 0 Å². The van der Waals surface area contributed by atoms with Crippen molar-refractivity contribution in [2.75, 3.05) is 0 Å². The summed E-state index contributed by atoms with van der Waals surface area (Å²) >= 11 is 0. The van der Waals surface area contributed by atoms with Crippen molar-refractivity contribution >= 4 is 0 Å². The Hall–Kier alpha value is -2.55. The van der Waals surface area contributed by atoms with E-state index >= 15 is 0 Å². The van der Waals surface area contributed by atoms with Crippen molar-refractivity contribution in [2.45, 2.75) is 20.8 Å². The summed E-state index contributed by atoms with van der Waals surface area (Å²) in [4.78, 5) is 13.1. The lowest BCUT2D eigenvalue weighted by Crippen LogP contribution is -1.99. The molecule has 0 saturated heterocycles. The zero-order chi connectivity index (χ0) is 14.8. The maximum atomic E-state index is 4.45. The number of rotatable bonds is 2. The smallest absolute Gasteiger partial charge is 0.163 e. The van der Waals surface area contributed by atoms with Gasteiger partial charge < -0.3 is 0 Å². The highest BCUT2D eigenvalue weighted by atomic mass is 15.0. The van der Waals surface area contributed by atoms with Crippen LogP contribution >= 0.6 is 0 Å². The van der Waals surface area contributed by atoms with Gasteiger partial charge in [-0.25, -0.2) is 15.0 Å². The molecule has 3 heteroatoms. The molecule has 3 rings (SSSR count). The molecule has 0 fully saturated rings. The number of hydrogen-bond acceptors (Lipinski definition) is 3. The van der Waals surface area contributed by atoms with E-state index in [1.807, 2.05) is 19.9 Å². The maximum absolute atomic E-state index is 4.45. The second-order valence-electron chi connectivity index (χ2n) is 5.15. The normalized spacial score (nSPS) is 10.6. The van der Waals surface area contributed by atoms with Gasteiger partial charge in [-0.2, -0.15) is 0 Å². The average molecular weight is 275 g/mol. The number of aryl methyl sites for hydroxylation is 3. The van der Waals surface area contributed by atoms with Gasteiger partial charge >= 0.3 is 0 Å². The number of benzene rings is 2. The Balaban J connectivity index is 2.13. The molecule has 0 atom stereocenters. The van der Waals surface area contributed by atoms with Crippen molar-refractivity contribution in [3.8, 4) is 22.5 Å². The molecule has 0 aliphatic heterocycles. The fraction of sp³-hybridized carbons (Fsp3) is 0.167. The van der Waals surface area contributed by atoms with Gasteiger partial charge in [0.1, 0.15) is 11.6 Å². The van der Waals surface area contributed by atoms with Crippen molar-refractivity contribution in [1.82, 2.24) is 15.0 Å². The van der Waals surface area contributed by atoms with Crippen LogP contribution in [0, 0.1) is 20.8 Å². The summed E-state index contributed by atoms with van der Waals surface area (Å²) in [6.07, 6.45) is 0. The molecule has 0 amide bonds. The summed E-state index contributed by atoms with van der Waals surface area (Å²) in [6.45, 7) is 5.91. The van der Waals surface area contributed by atoms with E-state index in [1.54, 1.807) is 0 Å². The van der Waals surface area contributed by atoms with E-state index in [9.17, 15) is 0 Å². The third-order valence-electron chi connectivity index (χ3n) is 3.44. The van der Waals surface area contributed by atoms with Crippen LogP contribution in [0.25, 0.3) is 22.5 Å². The quantitative estimate of drug-likeness (QED) is 0.705. The highest BCUT2D eigenvalue weighted by Crippen LogP contribution is 2.27. The first kappa shape index (κ1) is 13.4. The van der Waals surface area contributed by atoms with Crippen LogP contribution in [0.15, 0.2) is 48.5 Å². The minimum absolute atomic E-state index is 0.734. The standard InChI is InChI=1S/C18H17N3/c1-12-9-10-16(18-20-13(2)19-14(3)21-18)11-17(12)15-7-5-4-6-8-15/h4-11H,1-3H3. The van der Waals surface area contributed by atoms with Crippen LogP contribution in [0.2, 0.25) is 0 Å². The Morgan fingerprint density at radius 2 is 1.33 bits per heavy atom. The molecular weight excluding hydrogens is 258 g/mol. The Bertz CT molecular complexity index is 759. The summed E-state index contributed by atoms with van der Waals surface area (Å²) in [5.41, 5.74) is 4.68. The van der Waals surface area contributed by atoms with Gasteiger partial charge in [0, 0.05) is 5.56 Å². The van der Waals surface area contributed by atoms with Crippen LogP contribution in [0.1, 0.15) is 17.2 Å². The van der Waals surface area contributed by atoms with Crippen LogP contribution in [-0.4, -0.2) is 15.0 Å². The third-order valence-corrected chi connectivity index (χ3v) is 3.44. The minimum atomic E-state index is 0.734. The summed E-state index contributed by atoms with van der Waals surface area (Å²) in [5.74, 6) is 2.23. The zero-order valence-electron chi connectivity index (χ0n) is 12.5. The van der Waals surface area contributed by atoms with E-state index in [1.165, 1.54) is 16.7 Å². The molecule has 3 nitrogen and oxygen atoms in total. The molecule has 3 aromatic rings. The summed E-state index contributed by atoms with van der Waals surface area (Å²) in [5, 5.41) is 0. The van der Waals surface area contributed by atoms with Gasteiger partial charge in [0.25, 0.3) is 0 Å². The predicted octanol–water partition coefficient (Wildman–Crippen LogP) is 4.13. The van der Waals surface area contributed by atoms with Gasteiger partial charge in [0.05, 0.1) is 0 Å². The van der Waals surface area contributed by atoms with Crippen molar-refractivity contribution in [3.63, 3.8) is 0 Å². The van der Waals surface area contributed by atoms with E-state index in [2.05, 4.69) is 64.3 Å². The van der Waals surface area contributed by atoms with Gasteiger partial charge in [-0.3, -0.25) is 0 Å². The van der Waals surface area contributed by atoms with E-state index in [-0.39, 0.29) is 0 Å². The lowest BCUT2D eigenvalue weighted by molar-refractivity contribution is 0.928. The highest BCUT2D eigenvalue weighted by molar-refractivity contribution is 5.73. The molecule has 0 spiro atoms. The van der Waals surface area contributed by atoms with Gasteiger partial charge in [-0.1, -0.05) is 42.5 Å². The molecule has 1 heterocycles. The Kier molecular flexibility index (Phi) is 3.48. The first-order valence-corrected chi connectivity index (χ1v) is 6.99. The van der Waals surface area contributed by atoms with Crippen LogP contribution in [0.4, 0.5) is 0 Å². The lowest BCUT2D eigenvalue weighted by atomic mass is 9.98. The fourth-order valence-corrected chi connectivity index (χ4v) is 2.43. The molecule has 0 N–H and O–H groups in total. The van der Waals surface area contributed by atoms with Gasteiger partial charge in [0.15, 0.2) is 5.82 Å². The molecule has 0 radical (unpaired) electrons. The second kappa shape index (κ2) is 5.44. The maximum Gasteiger partial charge on any atom is 0.163 e. The number of hydrogen-bond donors (Lipinski definition) is 0. The van der Waals surface area contributed by atoms with Crippen molar-refractivity contribution in [2.24, 2.45) is 0 Å². The van der Waals surface area contributed by atoms with Crippen LogP contribution in [0.3, 0.4) is 0 Å². The average Bonchev–Trinajstić information content (AvgIpc) is 2.47. The first-order valence-electron chi connectivity index (χ1n) is 6.99. The Morgan fingerprint density at radius 3 is 2.00 bits per heavy atom. The minimum Gasteiger partial charge on any atom is -0.219 e. The molecule has 0 aliphatic carbocycles. The topological polar surface area (TPSA) is 38.7 Å². The molecule has 0 bridgehead atoms. The molecule has 2 aromatic carbocycles. The molecule has 0 saturated carbocycles. The van der Waals surface area contributed by atoms with Gasteiger partial charge in [0.2, 0.25) is 0 Å². The second-order valence-corrected chi connectivity index (χ2v) is 5.15. The van der Waals surface area contributed by atoms with Gasteiger partial charge in [-0.15, -0.1) is 0 Å². The zero-order valence-corrected chi connectivity index (χ0v) is 12.5. The monoisotopic (exact) mass is 275 g/mol. The van der Waals surface area contributed by atoms with Gasteiger partial charge in [-0.05, 0) is 43.5 Å². The van der Waals surface area contributed by atoms with E-state index in [0.29, 0.717) is 0 Å². The fourth-order valence-electron chi connectivity index (χ4n) is 2.43. The molecule has 0 unspecified atom stereocenters. The van der Waals surface area contributed by atoms with Crippen molar-refractivity contribution in [3.05, 3.63) is 65.7 Å². The molecule has 104 valence electrons. The molecular formula is C18H17N3. The van der Waals surface area contributed by atoms with E-state index in [4.69, 9.17) is 0 Å². The van der Waals surface area contributed by atoms with Crippen molar-refractivity contribution < 1.29 is 0 Å².